The van der Waals surface area contributed by atoms with Gasteiger partial charge in [0.05, 0.1) is 0 Å². The third-order valence-corrected chi connectivity index (χ3v) is 3.46. The van der Waals surface area contributed by atoms with Crippen molar-refractivity contribution in [3.05, 3.63) is 0 Å². The normalized spacial score (nSPS) is 15.0. The van der Waals surface area contributed by atoms with Crippen molar-refractivity contribution in [1.29, 1.82) is 0 Å². The molecule has 0 heterocycles. The summed E-state index contributed by atoms with van der Waals surface area (Å²) in [6.45, 7) is 8.81. The molecule has 0 aromatic heterocycles. The molecular formula is C14H32N2. The lowest BCUT2D eigenvalue weighted by atomic mass is 10.0. The minimum Gasteiger partial charge on any atom is -0.326 e. The lowest BCUT2D eigenvalue weighted by molar-refractivity contribution is 0.416. The monoisotopic (exact) mass is 228 g/mol. The molecule has 3 N–H and O–H groups in total. The van der Waals surface area contributed by atoms with Crippen molar-refractivity contribution in [3.63, 3.8) is 0 Å². The predicted octanol–water partition coefficient (Wildman–Crippen LogP) is 3.31. The Hall–Kier alpha value is -0.0800. The molecule has 0 aromatic carbocycles. The van der Waals surface area contributed by atoms with Crippen molar-refractivity contribution in [2.45, 2.75) is 71.8 Å². The van der Waals surface area contributed by atoms with Crippen molar-refractivity contribution in [1.82, 2.24) is 5.32 Å². The molecule has 0 spiro atoms. The summed E-state index contributed by atoms with van der Waals surface area (Å²) in [5.41, 5.74) is 6.05. The van der Waals surface area contributed by atoms with Gasteiger partial charge < -0.3 is 11.1 Å². The van der Waals surface area contributed by atoms with Crippen LogP contribution in [0.25, 0.3) is 0 Å². The van der Waals surface area contributed by atoms with Crippen LogP contribution in [0.2, 0.25) is 0 Å². The van der Waals surface area contributed by atoms with Gasteiger partial charge in [0.25, 0.3) is 0 Å². The van der Waals surface area contributed by atoms with Crippen LogP contribution in [0.1, 0.15) is 65.7 Å². The van der Waals surface area contributed by atoms with Crippen molar-refractivity contribution in [2.75, 3.05) is 13.1 Å². The van der Waals surface area contributed by atoms with Crippen LogP contribution in [0.5, 0.6) is 0 Å². The Morgan fingerprint density at radius 3 is 2.25 bits per heavy atom. The second-order valence-corrected chi connectivity index (χ2v) is 5.02. The first-order chi connectivity index (χ1) is 7.72. The summed E-state index contributed by atoms with van der Waals surface area (Å²) in [7, 11) is 0. The fourth-order valence-corrected chi connectivity index (χ4v) is 1.80. The summed E-state index contributed by atoms with van der Waals surface area (Å²) < 4.78 is 0. The van der Waals surface area contributed by atoms with Crippen LogP contribution in [0.4, 0.5) is 0 Å². The summed E-state index contributed by atoms with van der Waals surface area (Å²) in [5.74, 6) is 0.636. The van der Waals surface area contributed by atoms with E-state index in [0.29, 0.717) is 12.0 Å². The van der Waals surface area contributed by atoms with Crippen LogP contribution < -0.4 is 11.1 Å². The Balaban J connectivity index is 3.14. The number of rotatable bonds is 11. The molecule has 2 heteroatoms. The molecule has 0 aliphatic carbocycles. The SMILES string of the molecule is CCCCCCCCNCC(N)C(C)CC. The van der Waals surface area contributed by atoms with Crippen LogP contribution in [0, 0.1) is 5.92 Å². The Morgan fingerprint density at radius 2 is 1.62 bits per heavy atom. The first-order valence-corrected chi connectivity index (χ1v) is 7.18. The maximum absolute atomic E-state index is 6.05. The van der Waals surface area contributed by atoms with Crippen LogP contribution in [0.3, 0.4) is 0 Å². The fourth-order valence-electron chi connectivity index (χ4n) is 1.80. The Labute approximate surface area is 102 Å². The molecule has 0 fully saturated rings. The molecule has 0 rings (SSSR count). The summed E-state index contributed by atoms with van der Waals surface area (Å²) in [6.07, 6.45) is 9.38. The molecule has 2 nitrogen and oxygen atoms in total. The molecule has 0 aromatic rings. The third-order valence-electron chi connectivity index (χ3n) is 3.46. The predicted molar refractivity (Wildman–Crippen MR) is 73.7 cm³/mol. The van der Waals surface area contributed by atoms with E-state index in [1.165, 1.54) is 44.9 Å². The molecule has 0 aliphatic heterocycles. The van der Waals surface area contributed by atoms with E-state index in [4.69, 9.17) is 5.73 Å². The van der Waals surface area contributed by atoms with E-state index in [2.05, 4.69) is 26.1 Å². The van der Waals surface area contributed by atoms with Gasteiger partial charge in [0.2, 0.25) is 0 Å². The van der Waals surface area contributed by atoms with Gasteiger partial charge in [0.15, 0.2) is 0 Å². The van der Waals surface area contributed by atoms with Gasteiger partial charge in [0, 0.05) is 12.6 Å². The maximum Gasteiger partial charge on any atom is 0.0191 e. The van der Waals surface area contributed by atoms with E-state index in [1.807, 2.05) is 0 Å². The Bertz CT molecular complexity index is 137. The summed E-state index contributed by atoms with van der Waals surface area (Å²) in [6, 6.07) is 0.324. The van der Waals surface area contributed by atoms with Crippen LogP contribution in [-0.2, 0) is 0 Å². The van der Waals surface area contributed by atoms with Gasteiger partial charge >= 0.3 is 0 Å². The summed E-state index contributed by atoms with van der Waals surface area (Å²) in [5, 5.41) is 3.47. The van der Waals surface area contributed by atoms with Gasteiger partial charge in [-0.25, -0.2) is 0 Å². The lowest BCUT2D eigenvalue weighted by Gasteiger charge is -2.18. The minimum atomic E-state index is 0.324. The highest BCUT2D eigenvalue weighted by atomic mass is 14.9. The number of hydrogen-bond donors (Lipinski definition) is 2. The van der Waals surface area contributed by atoms with Crippen molar-refractivity contribution in [2.24, 2.45) is 11.7 Å². The van der Waals surface area contributed by atoms with Gasteiger partial charge in [-0.1, -0.05) is 59.3 Å². The molecule has 0 radical (unpaired) electrons. The number of nitrogens with two attached hydrogens (primary N) is 1. The van der Waals surface area contributed by atoms with Gasteiger partial charge in [-0.2, -0.15) is 0 Å². The number of hydrogen-bond acceptors (Lipinski definition) is 2. The fraction of sp³-hybridized carbons (Fsp3) is 1.00. The van der Waals surface area contributed by atoms with Crippen LogP contribution >= 0.6 is 0 Å². The first-order valence-electron chi connectivity index (χ1n) is 7.18. The maximum atomic E-state index is 6.05. The molecule has 2 atom stereocenters. The zero-order valence-corrected chi connectivity index (χ0v) is 11.6. The average molecular weight is 228 g/mol. The summed E-state index contributed by atoms with van der Waals surface area (Å²) in [4.78, 5) is 0. The molecule has 98 valence electrons. The first kappa shape index (κ1) is 15.9. The van der Waals surface area contributed by atoms with Crippen LogP contribution in [-0.4, -0.2) is 19.1 Å². The zero-order chi connectivity index (χ0) is 12.2. The van der Waals surface area contributed by atoms with E-state index in [1.54, 1.807) is 0 Å². The lowest BCUT2D eigenvalue weighted by Crippen LogP contribution is -2.39. The number of nitrogens with one attached hydrogen (secondary N) is 1. The topological polar surface area (TPSA) is 38.0 Å². The van der Waals surface area contributed by atoms with Gasteiger partial charge in [-0.05, 0) is 18.9 Å². The van der Waals surface area contributed by atoms with Crippen molar-refractivity contribution in [3.8, 4) is 0 Å². The van der Waals surface area contributed by atoms with Gasteiger partial charge in [-0.3, -0.25) is 0 Å². The molecule has 0 amide bonds. The molecule has 0 saturated heterocycles. The highest BCUT2D eigenvalue weighted by Gasteiger charge is 2.08. The van der Waals surface area contributed by atoms with E-state index in [0.717, 1.165) is 13.1 Å². The highest BCUT2D eigenvalue weighted by molar-refractivity contribution is 4.70. The third kappa shape index (κ3) is 9.17. The summed E-state index contributed by atoms with van der Waals surface area (Å²) >= 11 is 0. The Kier molecular flexibility index (Phi) is 11.3. The molecule has 0 bridgehead atoms. The van der Waals surface area contributed by atoms with E-state index >= 15 is 0 Å². The second kappa shape index (κ2) is 11.4. The van der Waals surface area contributed by atoms with E-state index in [-0.39, 0.29) is 0 Å². The molecule has 16 heavy (non-hydrogen) atoms. The smallest absolute Gasteiger partial charge is 0.0191 e. The standard InChI is InChI=1S/C14H32N2/c1-4-6-7-8-9-10-11-16-12-14(15)13(3)5-2/h13-14,16H,4-12,15H2,1-3H3. The number of unbranched alkanes of at least 4 members (excludes halogenated alkanes) is 5. The van der Waals surface area contributed by atoms with E-state index in [9.17, 15) is 0 Å². The van der Waals surface area contributed by atoms with Gasteiger partial charge in [-0.15, -0.1) is 0 Å². The molecular weight excluding hydrogens is 196 g/mol. The van der Waals surface area contributed by atoms with Crippen molar-refractivity contribution < 1.29 is 0 Å². The molecule has 2 unspecified atom stereocenters. The zero-order valence-electron chi connectivity index (χ0n) is 11.6. The average Bonchev–Trinajstić information content (AvgIpc) is 2.31. The van der Waals surface area contributed by atoms with Gasteiger partial charge in [0.1, 0.15) is 0 Å². The van der Waals surface area contributed by atoms with E-state index < -0.39 is 0 Å². The van der Waals surface area contributed by atoms with Crippen molar-refractivity contribution >= 4 is 0 Å². The van der Waals surface area contributed by atoms with Crippen LogP contribution in [0.15, 0.2) is 0 Å². The quantitative estimate of drug-likeness (QED) is 0.532. The second-order valence-electron chi connectivity index (χ2n) is 5.02. The molecule has 0 aliphatic rings. The largest absolute Gasteiger partial charge is 0.326 e. The molecule has 0 saturated carbocycles. The minimum absolute atomic E-state index is 0.324. The Morgan fingerprint density at radius 1 is 1.00 bits per heavy atom. The highest BCUT2D eigenvalue weighted by Crippen LogP contribution is 2.05.